The van der Waals surface area contributed by atoms with Gasteiger partial charge in [-0.05, 0) is 13.8 Å². The lowest BCUT2D eigenvalue weighted by Gasteiger charge is -2.14. The largest absolute Gasteiger partial charge is 0.337 e. The Kier molecular flexibility index (Phi) is 3.67. The van der Waals surface area contributed by atoms with Gasteiger partial charge < -0.3 is 0 Å². The van der Waals surface area contributed by atoms with Crippen LogP contribution in [-0.4, -0.2) is 14.1 Å². The van der Waals surface area contributed by atoms with Gasteiger partial charge in [-0.2, -0.15) is 0 Å². The van der Waals surface area contributed by atoms with E-state index in [2.05, 4.69) is 18.1 Å². The number of hydrogen-bond acceptors (Lipinski definition) is 3. The Morgan fingerprint density at radius 1 is 1.00 bits per heavy atom. The summed E-state index contributed by atoms with van der Waals surface area (Å²) in [7, 11) is 0. The number of aromatic amines is 1. The average molecular weight is 237 g/mol. The van der Waals surface area contributed by atoms with E-state index in [1.807, 2.05) is 0 Å². The summed E-state index contributed by atoms with van der Waals surface area (Å²) in [6.45, 7) is 10.3. The van der Waals surface area contributed by atoms with Gasteiger partial charge >= 0.3 is 17.1 Å². The lowest BCUT2D eigenvalue weighted by molar-refractivity contribution is 0.479. The van der Waals surface area contributed by atoms with Crippen LogP contribution in [0.25, 0.3) is 0 Å². The molecule has 0 bridgehead atoms. The molecule has 92 valence electrons. The fourth-order valence-electron chi connectivity index (χ4n) is 1.43. The van der Waals surface area contributed by atoms with E-state index in [0.29, 0.717) is 0 Å². The molecule has 0 radical (unpaired) electrons. The van der Waals surface area contributed by atoms with Crippen LogP contribution in [0.5, 0.6) is 0 Å². The third-order valence-electron chi connectivity index (χ3n) is 2.56. The van der Waals surface area contributed by atoms with Gasteiger partial charge in [0.25, 0.3) is 0 Å². The summed E-state index contributed by atoms with van der Waals surface area (Å²) in [4.78, 5) is 37.2. The van der Waals surface area contributed by atoms with Gasteiger partial charge in [0.1, 0.15) is 0 Å². The average Bonchev–Trinajstić information content (AvgIpc) is 2.27. The molecule has 1 aromatic heterocycles. The molecule has 0 aliphatic carbocycles. The second kappa shape index (κ2) is 4.82. The van der Waals surface area contributed by atoms with Crippen molar-refractivity contribution < 1.29 is 0 Å². The monoisotopic (exact) mass is 237 g/mol. The Morgan fingerprint density at radius 3 is 1.65 bits per heavy atom. The molecule has 17 heavy (non-hydrogen) atoms. The summed E-state index contributed by atoms with van der Waals surface area (Å²) in [6, 6.07) is -0.981. The van der Waals surface area contributed by atoms with Crippen LogP contribution < -0.4 is 17.1 Å². The van der Waals surface area contributed by atoms with Crippen molar-refractivity contribution in [1.82, 2.24) is 14.1 Å². The standard InChI is InChI=1S/C11H15N3O3/c1-5-7(3)13-9(15)12-10(16)14(11(13)17)8(4)6-2/h5-8H,1-2H2,3-4H3,(H,12,15,16). The zero-order valence-electron chi connectivity index (χ0n) is 9.84. The van der Waals surface area contributed by atoms with Crippen molar-refractivity contribution in [2.45, 2.75) is 25.9 Å². The third-order valence-corrected chi connectivity index (χ3v) is 2.56. The predicted molar refractivity (Wildman–Crippen MR) is 65.4 cm³/mol. The first-order chi connectivity index (χ1) is 7.93. The number of nitrogens with zero attached hydrogens (tertiary/aromatic N) is 2. The Balaban J connectivity index is 3.72. The summed E-state index contributed by atoms with van der Waals surface area (Å²) >= 11 is 0. The maximum atomic E-state index is 12.0. The fraction of sp³-hybridized carbons (Fsp3) is 0.364. The minimum Gasteiger partial charge on any atom is -0.259 e. The van der Waals surface area contributed by atoms with Crippen LogP contribution in [0.1, 0.15) is 25.9 Å². The molecular formula is C11H15N3O3. The molecule has 0 aliphatic heterocycles. The normalized spacial score (nSPS) is 14.0. The molecule has 0 fully saturated rings. The Labute approximate surface area is 97.5 Å². The molecule has 2 unspecified atom stereocenters. The topological polar surface area (TPSA) is 76.9 Å². The van der Waals surface area contributed by atoms with Crippen molar-refractivity contribution >= 4 is 0 Å². The summed E-state index contributed by atoms with van der Waals surface area (Å²) in [6.07, 6.45) is 2.90. The number of hydrogen-bond donors (Lipinski definition) is 1. The van der Waals surface area contributed by atoms with E-state index in [0.717, 1.165) is 9.13 Å². The molecule has 0 saturated heterocycles. The Bertz CT molecular complexity index is 556. The SMILES string of the molecule is C=CC(C)n1c(=O)[nH]c(=O)n(C(C)C=C)c1=O. The second-order valence-corrected chi connectivity index (χ2v) is 3.71. The van der Waals surface area contributed by atoms with Crippen LogP contribution >= 0.6 is 0 Å². The zero-order chi connectivity index (χ0) is 13.2. The van der Waals surface area contributed by atoms with E-state index in [1.54, 1.807) is 13.8 Å². The molecule has 1 rings (SSSR count). The minimum atomic E-state index is -0.736. The predicted octanol–water partition coefficient (Wildman–Crippen LogP) is 0.192. The molecule has 0 amide bonds. The van der Waals surface area contributed by atoms with Gasteiger partial charge in [0.15, 0.2) is 0 Å². The number of rotatable bonds is 4. The van der Waals surface area contributed by atoms with Gasteiger partial charge in [-0.25, -0.2) is 23.5 Å². The van der Waals surface area contributed by atoms with E-state index >= 15 is 0 Å². The van der Waals surface area contributed by atoms with Crippen LogP contribution in [-0.2, 0) is 0 Å². The maximum absolute atomic E-state index is 12.0. The molecular weight excluding hydrogens is 222 g/mol. The number of allylic oxidation sites excluding steroid dienone is 2. The van der Waals surface area contributed by atoms with E-state index in [9.17, 15) is 14.4 Å². The highest BCUT2D eigenvalue weighted by molar-refractivity contribution is 4.90. The molecule has 6 nitrogen and oxygen atoms in total. The number of nitrogens with one attached hydrogen (secondary N) is 1. The zero-order valence-corrected chi connectivity index (χ0v) is 9.84. The molecule has 2 atom stereocenters. The first-order valence-electron chi connectivity index (χ1n) is 5.16. The molecule has 0 aromatic carbocycles. The maximum Gasteiger partial charge on any atom is 0.337 e. The Morgan fingerprint density at radius 2 is 1.35 bits per heavy atom. The van der Waals surface area contributed by atoms with Gasteiger partial charge in [0, 0.05) is 0 Å². The smallest absolute Gasteiger partial charge is 0.259 e. The molecule has 6 heteroatoms. The van der Waals surface area contributed by atoms with Gasteiger partial charge in [0.2, 0.25) is 0 Å². The van der Waals surface area contributed by atoms with Gasteiger partial charge in [-0.1, -0.05) is 12.2 Å². The number of aromatic nitrogens is 3. The molecule has 1 N–H and O–H groups in total. The lowest BCUT2D eigenvalue weighted by atomic mass is 10.3. The minimum absolute atomic E-state index is 0.491. The molecule has 1 heterocycles. The summed E-state index contributed by atoms with van der Waals surface area (Å²) < 4.78 is 1.88. The summed E-state index contributed by atoms with van der Waals surface area (Å²) in [5.41, 5.74) is -2.14. The summed E-state index contributed by atoms with van der Waals surface area (Å²) in [5, 5.41) is 0. The molecule has 0 aliphatic rings. The highest BCUT2D eigenvalue weighted by atomic mass is 16.2. The van der Waals surface area contributed by atoms with Gasteiger partial charge in [-0.3, -0.25) is 4.98 Å². The third kappa shape index (κ3) is 2.20. The van der Waals surface area contributed by atoms with Crippen molar-refractivity contribution in [3.63, 3.8) is 0 Å². The first-order valence-corrected chi connectivity index (χ1v) is 5.16. The van der Waals surface area contributed by atoms with Gasteiger partial charge in [0.05, 0.1) is 12.1 Å². The molecule has 1 aromatic rings. The van der Waals surface area contributed by atoms with Crippen molar-refractivity contribution in [1.29, 1.82) is 0 Å². The van der Waals surface area contributed by atoms with Crippen LogP contribution in [0.3, 0.4) is 0 Å². The quantitative estimate of drug-likeness (QED) is 0.759. The molecule has 0 spiro atoms. The van der Waals surface area contributed by atoms with Gasteiger partial charge in [-0.15, -0.1) is 13.2 Å². The second-order valence-electron chi connectivity index (χ2n) is 3.71. The van der Waals surface area contributed by atoms with Crippen LogP contribution in [0.15, 0.2) is 39.7 Å². The van der Waals surface area contributed by atoms with E-state index in [-0.39, 0.29) is 0 Å². The van der Waals surface area contributed by atoms with Crippen LogP contribution in [0.2, 0.25) is 0 Å². The highest BCUT2D eigenvalue weighted by Gasteiger charge is 2.15. The Hall–Kier alpha value is -2.11. The van der Waals surface area contributed by atoms with Crippen LogP contribution in [0.4, 0.5) is 0 Å². The fourth-order valence-corrected chi connectivity index (χ4v) is 1.43. The molecule has 0 saturated carbocycles. The van der Waals surface area contributed by atoms with Crippen molar-refractivity contribution in [3.8, 4) is 0 Å². The van der Waals surface area contributed by atoms with Crippen molar-refractivity contribution in [3.05, 3.63) is 56.8 Å². The van der Waals surface area contributed by atoms with E-state index < -0.39 is 29.2 Å². The lowest BCUT2D eigenvalue weighted by Crippen LogP contribution is -2.50. The number of H-pyrrole nitrogens is 1. The van der Waals surface area contributed by atoms with E-state index in [4.69, 9.17) is 0 Å². The van der Waals surface area contributed by atoms with Crippen molar-refractivity contribution in [2.75, 3.05) is 0 Å². The van der Waals surface area contributed by atoms with Crippen molar-refractivity contribution in [2.24, 2.45) is 0 Å². The summed E-state index contributed by atoms with van der Waals surface area (Å²) in [5.74, 6) is 0. The highest BCUT2D eigenvalue weighted by Crippen LogP contribution is 2.00. The van der Waals surface area contributed by atoms with E-state index in [1.165, 1.54) is 12.2 Å². The van der Waals surface area contributed by atoms with Crippen LogP contribution in [0, 0.1) is 0 Å². The first kappa shape index (κ1) is 13.0.